The van der Waals surface area contributed by atoms with Crippen LogP contribution in [0.3, 0.4) is 0 Å². The number of hydrogen-bond acceptors (Lipinski definition) is 2. The SMILES string of the molecule is CC(=C=O)c1ccc(C(=O)O)cc1. The van der Waals surface area contributed by atoms with Gasteiger partial charge in [-0.05, 0) is 24.6 Å². The number of hydrogen-bond donors (Lipinski definition) is 1. The molecule has 0 heterocycles. The molecule has 0 aliphatic heterocycles. The Morgan fingerprint density at radius 2 is 1.69 bits per heavy atom. The van der Waals surface area contributed by atoms with E-state index in [1.165, 1.54) is 12.1 Å². The Labute approximate surface area is 75.3 Å². The Hall–Kier alpha value is -1.86. The lowest BCUT2D eigenvalue weighted by Gasteiger charge is -1.97. The van der Waals surface area contributed by atoms with Crippen LogP contribution in [0.4, 0.5) is 0 Å². The molecule has 0 amide bonds. The third-order valence-corrected chi connectivity index (χ3v) is 1.72. The van der Waals surface area contributed by atoms with Crippen LogP contribution in [0.25, 0.3) is 5.57 Å². The van der Waals surface area contributed by atoms with E-state index in [4.69, 9.17) is 5.11 Å². The van der Waals surface area contributed by atoms with E-state index in [-0.39, 0.29) is 5.56 Å². The van der Waals surface area contributed by atoms with Crippen LogP contribution in [0.15, 0.2) is 24.3 Å². The molecular weight excluding hydrogens is 168 g/mol. The predicted octanol–water partition coefficient (Wildman–Crippen LogP) is 1.62. The number of carboxylic acids is 1. The monoisotopic (exact) mass is 176 g/mol. The summed E-state index contributed by atoms with van der Waals surface area (Å²) < 4.78 is 0. The number of allylic oxidation sites excluding steroid dienone is 1. The van der Waals surface area contributed by atoms with Crippen LogP contribution < -0.4 is 0 Å². The van der Waals surface area contributed by atoms with Crippen molar-refractivity contribution in [3.63, 3.8) is 0 Å². The zero-order valence-corrected chi connectivity index (χ0v) is 7.07. The smallest absolute Gasteiger partial charge is 0.335 e. The maximum atomic E-state index is 10.5. The summed E-state index contributed by atoms with van der Waals surface area (Å²) in [6.07, 6.45) is 0. The highest BCUT2D eigenvalue weighted by molar-refractivity contribution is 5.90. The molecule has 0 fully saturated rings. The van der Waals surface area contributed by atoms with E-state index in [0.29, 0.717) is 11.1 Å². The summed E-state index contributed by atoms with van der Waals surface area (Å²) in [7, 11) is 0. The van der Waals surface area contributed by atoms with Gasteiger partial charge in [0.1, 0.15) is 5.94 Å². The van der Waals surface area contributed by atoms with Gasteiger partial charge in [0.15, 0.2) is 0 Å². The lowest BCUT2D eigenvalue weighted by Crippen LogP contribution is -1.95. The summed E-state index contributed by atoms with van der Waals surface area (Å²) >= 11 is 0. The Morgan fingerprint density at radius 3 is 2.08 bits per heavy atom. The van der Waals surface area contributed by atoms with Gasteiger partial charge < -0.3 is 5.11 Å². The molecule has 1 aromatic carbocycles. The van der Waals surface area contributed by atoms with Crippen LogP contribution in [0.2, 0.25) is 0 Å². The van der Waals surface area contributed by atoms with Crippen LogP contribution in [0.1, 0.15) is 22.8 Å². The van der Waals surface area contributed by atoms with Crippen LogP contribution in [0.5, 0.6) is 0 Å². The van der Waals surface area contributed by atoms with Gasteiger partial charge in [-0.2, -0.15) is 0 Å². The second-order valence-corrected chi connectivity index (χ2v) is 2.61. The second-order valence-electron chi connectivity index (χ2n) is 2.61. The molecule has 0 aliphatic rings. The Kier molecular flexibility index (Phi) is 2.62. The van der Waals surface area contributed by atoms with E-state index in [2.05, 4.69) is 0 Å². The van der Waals surface area contributed by atoms with Crippen molar-refractivity contribution in [2.24, 2.45) is 0 Å². The van der Waals surface area contributed by atoms with E-state index in [1.54, 1.807) is 25.0 Å². The highest BCUT2D eigenvalue weighted by Gasteiger charge is 2.02. The van der Waals surface area contributed by atoms with E-state index in [9.17, 15) is 9.59 Å². The summed E-state index contributed by atoms with van der Waals surface area (Å²) in [5.41, 5.74) is 1.37. The zero-order valence-electron chi connectivity index (χ0n) is 7.07. The first kappa shape index (κ1) is 9.23. The molecule has 13 heavy (non-hydrogen) atoms. The van der Waals surface area contributed by atoms with Gasteiger partial charge >= 0.3 is 5.97 Å². The van der Waals surface area contributed by atoms with Crippen LogP contribution in [0, 0.1) is 0 Å². The van der Waals surface area contributed by atoms with Crippen molar-refractivity contribution < 1.29 is 14.7 Å². The van der Waals surface area contributed by atoms with Crippen molar-refractivity contribution in [3.05, 3.63) is 35.4 Å². The summed E-state index contributed by atoms with van der Waals surface area (Å²) in [6.45, 7) is 1.63. The maximum absolute atomic E-state index is 10.5. The fourth-order valence-corrected chi connectivity index (χ4v) is 0.922. The van der Waals surface area contributed by atoms with Crippen molar-refractivity contribution >= 4 is 17.5 Å². The van der Waals surface area contributed by atoms with Gasteiger partial charge in [-0.25, -0.2) is 9.59 Å². The summed E-state index contributed by atoms with van der Waals surface area (Å²) in [4.78, 5) is 20.7. The maximum Gasteiger partial charge on any atom is 0.335 e. The van der Waals surface area contributed by atoms with Crippen molar-refractivity contribution in [2.45, 2.75) is 6.92 Å². The topological polar surface area (TPSA) is 54.4 Å². The molecule has 3 heteroatoms. The first-order valence-corrected chi connectivity index (χ1v) is 3.70. The molecular formula is C10H8O3. The van der Waals surface area contributed by atoms with Gasteiger partial charge in [0.2, 0.25) is 0 Å². The average molecular weight is 176 g/mol. The molecule has 1 rings (SSSR count). The Bertz CT molecular complexity index is 370. The minimum Gasteiger partial charge on any atom is -0.478 e. The second kappa shape index (κ2) is 3.70. The zero-order chi connectivity index (χ0) is 9.84. The Balaban J connectivity index is 3.07. The van der Waals surface area contributed by atoms with E-state index < -0.39 is 5.97 Å². The highest BCUT2D eigenvalue weighted by Crippen LogP contribution is 2.11. The molecule has 1 N–H and O–H groups in total. The van der Waals surface area contributed by atoms with Crippen molar-refractivity contribution in [2.75, 3.05) is 0 Å². The lowest BCUT2D eigenvalue weighted by atomic mass is 10.1. The number of carbonyl (C=O) groups is 1. The normalized spacial score (nSPS) is 9.00. The summed E-state index contributed by atoms with van der Waals surface area (Å²) in [5.74, 6) is 0.776. The van der Waals surface area contributed by atoms with E-state index in [1.807, 2.05) is 0 Å². The number of carboxylic acid groups (broad SMARTS) is 1. The first-order valence-electron chi connectivity index (χ1n) is 3.70. The minimum atomic E-state index is -0.973. The van der Waals surface area contributed by atoms with Gasteiger partial charge in [-0.3, -0.25) is 0 Å². The molecule has 0 bridgehead atoms. The van der Waals surface area contributed by atoms with Gasteiger partial charge in [0.05, 0.1) is 5.56 Å². The lowest BCUT2D eigenvalue weighted by molar-refractivity contribution is 0.0697. The average Bonchev–Trinajstić information content (AvgIpc) is 2.17. The molecule has 1 aromatic rings. The standard InChI is InChI=1S/C10H8O3/c1-7(6-11)8-2-4-9(5-3-8)10(12)13/h2-5H,1H3,(H,12,13). The van der Waals surface area contributed by atoms with Crippen molar-refractivity contribution in [1.29, 1.82) is 0 Å². The highest BCUT2D eigenvalue weighted by atomic mass is 16.4. The first-order chi connectivity index (χ1) is 6.15. The molecule has 0 atom stereocenters. The van der Waals surface area contributed by atoms with E-state index >= 15 is 0 Å². The molecule has 0 spiro atoms. The minimum absolute atomic E-state index is 0.211. The molecule has 0 aromatic heterocycles. The third-order valence-electron chi connectivity index (χ3n) is 1.72. The van der Waals surface area contributed by atoms with Crippen molar-refractivity contribution in [3.8, 4) is 0 Å². The van der Waals surface area contributed by atoms with Gasteiger partial charge in [-0.15, -0.1) is 0 Å². The fourth-order valence-electron chi connectivity index (χ4n) is 0.922. The van der Waals surface area contributed by atoms with Crippen LogP contribution >= 0.6 is 0 Å². The molecule has 0 aliphatic carbocycles. The number of carbonyl (C=O) groups excluding carboxylic acids is 1. The Morgan fingerprint density at radius 1 is 1.23 bits per heavy atom. The quantitative estimate of drug-likeness (QED) is 0.696. The molecule has 66 valence electrons. The fraction of sp³-hybridized carbons (Fsp3) is 0.100. The van der Waals surface area contributed by atoms with Gasteiger partial charge in [0, 0.05) is 5.57 Å². The van der Waals surface area contributed by atoms with Gasteiger partial charge in [-0.1, -0.05) is 12.1 Å². The number of aromatic carboxylic acids is 1. The summed E-state index contributed by atoms with van der Waals surface area (Å²) in [6, 6.07) is 6.09. The molecule has 0 unspecified atom stereocenters. The van der Waals surface area contributed by atoms with Crippen molar-refractivity contribution in [1.82, 2.24) is 0 Å². The van der Waals surface area contributed by atoms with E-state index in [0.717, 1.165) is 0 Å². The molecule has 0 saturated carbocycles. The molecule has 0 saturated heterocycles. The predicted molar refractivity (Wildman–Crippen MR) is 48.2 cm³/mol. The third kappa shape index (κ3) is 2.04. The largest absolute Gasteiger partial charge is 0.478 e. The number of benzene rings is 1. The molecule has 0 radical (unpaired) electrons. The molecule has 3 nitrogen and oxygen atoms in total. The number of rotatable bonds is 2. The van der Waals surface area contributed by atoms with Crippen LogP contribution in [-0.2, 0) is 4.79 Å². The summed E-state index contributed by atoms with van der Waals surface area (Å²) in [5, 5.41) is 8.59. The van der Waals surface area contributed by atoms with Gasteiger partial charge in [0.25, 0.3) is 0 Å². The van der Waals surface area contributed by atoms with Crippen LogP contribution in [-0.4, -0.2) is 17.0 Å².